The predicted octanol–water partition coefficient (Wildman–Crippen LogP) is 0.936. The normalized spacial score (nSPS) is 18.1. The molecule has 2 rings (SSSR count). The van der Waals surface area contributed by atoms with Gasteiger partial charge in [0.25, 0.3) is 5.69 Å². The third-order valence-corrected chi connectivity index (χ3v) is 3.20. The van der Waals surface area contributed by atoms with E-state index in [1.807, 2.05) is 0 Å². The van der Waals surface area contributed by atoms with Crippen LogP contribution in [0.3, 0.4) is 0 Å². The predicted molar refractivity (Wildman–Crippen MR) is 69.7 cm³/mol. The molecule has 2 N–H and O–H groups in total. The lowest BCUT2D eigenvalue weighted by Gasteiger charge is -2.13. The van der Waals surface area contributed by atoms with Gasteiger partial charge < -0.3 is 15.3 Å². The third-order valence-electron chi connectivity index (χ3n) is 3.20. The van der Waals surface area contributed by atoms with E-state index in [9.17, 15) is 19.7 Å². The number of nitrogens with zero attached hydrogens (tertiary/aromatic N) is 2. The van der Waals surface area contributed by atoms with Crippen LogP contribution in [-0.4, -0.2) is 46.4 Å². The number of likely N-dealkylation sites (N-methyl/N-ethyl adjacent to an activating group) is 1. The molecule has 8 heteroatoms. The standard InChI is InChI=1S/C12H13N3O5/c1-14-5-4-9(11(14)16)13-8-3-2-7(12(17)18)6-10(8)15(19)20/h2-3,6,9,13H,4-5H2,1H3,(H,17,18). The number of carboxylic acids is 1. The molecule has 0 spiro atoms. The van der Waals surface area contributed by atoms with Gasteiger partial charge in [0.05, 0.1) is 10.5 Å². The number of carbonyl (C=O) groups is 2. The van der Waals surface area contributed by atoms with Crippen molar-refractivity contribution in [1.29, 1.82) is 0 Å². The van der Waals surface area contributed by atoms with Crippen LogP contribution in [-0.2, 0) is 4.79 Å². The second-order valence-corrected chi connectivity index (χ2v) is 4.54. The fourth-order valence-electron chi connectivity index (χ4n) is 2.08. The van der Waals surface area contributed by atoms with Gasteiger partial charge in [-0.3, -0.25) is 14.9 Å². The molecule has 106 valence electrons. The lowest BCUT2D eigenvalue weighted by molar-refractivity contribution is -0.384. The van der Waals surface area contributed by atoms with E-state index in [2.05, 4.69) is 5.32 Å². The van der Waals surface area contributed by atoms with E-state index in [-0.39, 0.29) is 22.8 Å². The summed E-state index contributed by atoms with van der Waals surface area (Å²) in [7, 11) is 1.66. The number of nitro benzene ring substituents is 1. The Bertz CT molecular complexity index is 586. The van der Waals surface area contributed by atoms with Gasteiger partial charge in [-0.1, -0.05) is 0 Å². The molecule has 0 saturated carbocycles. The molecule has 8 nitrogen and oxygen atoms in total. The summed E-state index contributed by atoms with van der Waals surface area (Å²) in [5.74, 6) is -1.38. The van der Waals surface area contributed by atoms with Crippen LogP contribution in [0.2, 0.25) is 0 Å². The minimum absolute atomic E-state index is 0.137. The van der Waals surface area contributed by atoms with Gasteiger partial charge in [-0.05, 0) is 18.6 Å². The Labute approximate surface area is 114 Å². The minimum atomic E-state index is -1.24. The van der Waals surface area contributed by atoms with Crippen LogP contribution in [0.25, 0.3) is 0 Å². The molecule has 1 heterocycles. The average molecular weight is 279 g/mol. The van der Waals surface area contributed by atoms with Crippen LogP contribution in [0.4, 0.5) is 11.4 Å². The Hall–Kier alpha value is -2.64. The van der Waals surface area contributed by atoms with Crippen LogP contribution >= 0.6 is 0 Å². The van der Waals surface area contributed by atoms with Crippen molar-refractivity contribution in [3.63, 3.8) is 0 Å². The van der Waals surface area contributed by atoms with Crippen molar-refractivity contribution in [2.24, 2.45) is 0 Å². The van der Waals surface area contributed by atoms with Crippen molar-refractivity contribution in [3.8, 4) is 0 Å². The fourth-order valence-corrected chi connectivity index (χ4v) is 2.08. The topological polar surface area (TPSA) is 113 Å². The highest BCUT2D eigenvalue weighted by Gasteiger charge is 2.30. The summed E-state index contributed by atoms with van der Waals surface area (Å²) >= 11 is 0. The molecule has 1 aromatic rings. The molecule has 1 fully saturated rings. The van der Waals surface area contributed by atoms with Crippen molar-refractivity contribution in [1.82, 2.24) is 4.90 Å². The maximum atomic E-state index is 11.8. The zero-order chi connectivity index (χ0) is 14.9. The van der Waals surface area contributed by atoms with Gasteiger partial charge in [0.1, 0.15) is 11.7 Å². The molecular formula is C12H13N3O5. The minimum Gasteiger partial charge on any atom is -0.478 e. The van der Waals surface area contributed by atoms with Gasteiger partial charge in [0.2, 0.25) is 5.91 Å². The Morgan fingerprint density at radius 2 is 2.25 bits per heavy atom. The Morgan fingerprint density at radius 3 is 2.75 bits per heavy atom. The van der Waals surface area contributed by atoms with Crippen molar-refractivity contribution in [3.05, 3.63) is 33.9 Å². The Morgan fingerprint density at radius 1 is 1.55 bits per heavy atom. The lowest BCUT2D eigenvalue weighted by atomic mass is 10.1. The maximum Gasteiger partial charge on any atom is 0.335 e. The van der Waals surface area contributed by atoms with Gasteiger partial charge in [-0.2, -0.15) is 0 Å². The number of nitro groups is 1. The second-order valence-electron chi connectivity index (χ2n) is 4.54. The third kappa shape index (κ3) is 2.53. The Kier molecular flexibility index (Phi) is 3.55. The van der Waals surface area contributed by atoms with Gasteiger partial charge in [0, 0.05) is 19.7 Å². The Balaban J connectivity index is 2.30. The number of aromatic carboxylic acids is 1. The molecule has 1 atom stereocenters. The molecule has 1 saturated heterocycles. The van der Waals surface area contributed by atoms with Crippen molar-refractivity contribution in [2.45, 2.75) is 12.5 Å². The highest BCUT2D eigenvalue weighted by Crippen LogP contribution is 2.27. The zero-order valence-corrected chi connectivity index (χ0v) is 10.7. The number of amides is 1. The molecule has 0 bridgehead atoms. The van der Waals surface area contributed by atoms with Crippen LogP contribution in [0.15, 0.2) is 18.2 Å². The van der Waals surface area contributed by atoms with Gasteiger partial charge in [0.15, 0.2) is 0 Å². The fraction of sp³-hybridized carbons (Fsp3) is 0.333. The molecule has 20 heavy (non-hydrogen) atoms. The first-order valence-electron chi connectivity index (χ1n) is 5.93. The smallest absolute Gasteiger partial charge is 0.335 e. The quantitative estimate of drug-likeness (QED) is 0.626. The van der Waals surface area contributed by atoms with E-state index >= 15 is 0 Å². The number of hydrogen-bond donors (Lipinski definition) is 2. The summed E-state index contributed by atoms with van der Waals surface area (Å²) in [5, 5.41) is 22.6. The molecule has 1 aliphatic heterocycles. The highest BCUT2D eigenvalue weighted by molar-refractivity contribution is 5.91. The van der Waals surface area contributed by atoms with E-state index in [0.717, 1.165) is 6.07 Å². The van der Waals surface area contributed by atoms with Crippen molar-refractivity contribution < 1.29 is 19.6 Å². The summed E-state index contributed by atoms with van der Waals surface area (Å²) in [4.78, 5) is 34.4. The summed E-state index contributed by atoms with van der Waals surface area (Å²) in [6, 6.07) is 3.04. The van der Waals surface area contributed by atoms with E-state index in [0.29, 0.717) is 13.0 Å². The summed E-state index contributed by atoms with van der Waals surface area (Å²) in [6.07, 6.45) is 0.549. The van der Waals surface area contributed by atoms with Crippen molar-refractivity contribution in [2.75, 3.05) is 18.9 Å². The molecule has 1 amide bonds. The lowest BCUT2D eigenvalue weighted by Crippen LogP contribution is -2.31. The number of likely N-dealkylation sites (tertiary alicyclic amines) is 1. The summed E-state index contributed by atoms with van der Waals surface area (Å²) in [5.41, 5.74) is -0.377. The highest BCUT2D eigenvalue weighted by atomic mass is 16.6. The summed E-state index contributed by atoms with van der Waals surface area (Å²) in [6.45, 7) is 0.581. The van der Waals surface area contributed by atoms with E-state index in [1.165, 1.54) is 17.0 Å². The maximum absolute atomic E-state index is 11.8. The molecule has 0 radical (unpaired) electrons. The van der Waals surface area contributed by atoms with Gasteiger partial charge >= 0.3 is 5.97 Å². The number of hydrogen-bond acceptors (Lipinski definition) is 5. The zero-order valence-electron chi connectivity index (χ0n) is 10.7. The van der Waals surface area contributed by atoms with Crippen LogP contribution in [0.1, 0.15) is 16.8 Å². The molecule has 1 aromatic carbocycles. The van der Waals surface area contributed by atoms with E-state index in [4.69, 9.17) is 5.11 Å². The largest absolute Gasteiger partial charge is 0.478 e. The first kappa shape index (κ1) is 13.8. The SMILES string of the molecule is CN1CCC(Nc2ccc(C(=O)O)cc2[N+](=O)[O-])C1=O. The first-order chi connectivity index (χ1) is 9.40. The van der Waals surface area contributed by atoms with Crippen LogP contribution in [0.5, 0.6) is 0 Å². The molecule has 1 aliphatic rings. The number of carboxylic acid groups (broad SMARTS) is 1. The number of carbonyl (C=O) groups excluding carboxylic acids is 1. The number of rotatable bonds is 4. The summed E-state index contributed by atoms with van der Waals surface area (Å²) < 4.78 is 0. The van der Waals surface area contributed by atoms with Crippen molar-refractivity contribution >= 4 is 23.3 Å². The molecule has 0 aliphatic carbocycles. The van der Waals surface area contributed by atoms with E-state index < -0.39 is 16.9 Å². The van der Waals surface area contributed by atoms with Crippen LogP contribution < -0.4 is 5.32 Å². The molecule has 1 unspecified atom stereocenters. The first-order valence-corrected chi connectivity index (χ1v) is 5.93. The van der Waals surface area contributed by atoms with Gasteiger partial charge in [-0.15, -0.1) is 0 Å². The number of anilines is 1. The van der Waals surface area contributed by atoms with E-state index in [1.54, 1.807) is 7.05 Å². The number of benzene rings is 1. The second kappa shape index (κ2) is 5.16. The van der Waals surface area contributed by atoms with Gasteiger partial charge in [-0.25, -0.2) is 4.79 Å². The number of nitrogens with one attached hydrogen (secondary N) is 1. The monoisotopic (exact) mass is 279 g/mol. The van der Waals surface area contributed by atoms with Crippen LogP contribution in [0, 0.1) is 10.1 Å². The average Bonchev–Trinajstić information content (AvgIpc) is 2.70. The molecule has 0 aromatic heterocycles. The molecular weight excluding hydrogens is 266 g/mol.